The minimum atomic E-state index is 0.164. The van der Waals surface area contributed by atoms with Gasteiger partial charge in [0.05, 0.1) is 0 Å². The van der Waals surface area contributed by atoms with E-state index in [0.717, 1.165) is 38.6 Å². The fourth-order valence-corrected chi connectivity index (χ4v) is 2.36. The molecule has 1 rings (SSSR count). The van der Waals surface area contributed by atoms with Gasteiger partial charge in [-0.25, -0.2) is 0 Å². The number of nitrogens with one attached hydrogen (secondary N) is 2. The molecule has 0 amide bonds. The number of hydrogen-bond acceptors (Lipinski definition) is 3. The lowest BCUT2D eigenvalue weighted by Crippen LogP contribution is -2.57. The van der Waals surface area contributed by atoms with E-state index in [1.165, 1.54) is 0 Å². The number of rotatable bonds is 5. The topological polar surface area (TPSA) is 48.9 Å². The van der Waals surface area contributed by atoms with Crippen molar-refractivity contribution in [3.05, 3.63) is 0 Å². The third kappa shape index (κ3) is 4.63. The first-order valence-corrected chi connectivity index (χ1v) is 7.63. The molecule has 1 aliphatic rings. The molecule has 0 spiro atoms. The van der Waals surface area contributed by atoms with E-state index in [1.807, 2.05) is 7.05 Å². The van der Waals surface area contributed by atoms with E-state index in [-0.39, 0.29) is 5.54 Å². The van der Waals surface area contributed by atoms with Gasteiger partial charge in [-0.1, -0.05) is 13.8 Å². The van der Waals surface area contributed by atoms with Crippen LogP contribution in [0.2, 0.25) is 0 Å². The molecule has 20 heavy (non-hydrogen) atoms. The molecule has 1 fully saturated rings. The summed E-state index contributed by atoms with van der Waals surface area (Å²) in [6.45, 7) is 9.19. The summed E-state index contributed by atoms with van der Waals surface area (Å²) < 4.78 is 5.50. The Morgan fingerprint density at radius 2 is 1.85 bits per heavy atom. The van der Waals surface area contributed by atoms with Crippen LogP contribution < -0.4 is 10.6 Å². The summed E-state index contributed by atoms with van der Waals surface area (Å²) in [5.41, 5.74) is 0.164. The highest BCUT2D eigenvalue weighted by Gasteiger charge is 2.34. The summed E-state index contributed by atoms with van der Waals surface area (Å²) in [6, 6.07) is 0.409. The van der Waals surface area contributed by atoms with E-state index in [0.29, 0.717) is 12.0 Å². The number of ether oxygens (including phenoxy) is 1. The van der Waals surface area contributed by atoms with E-state index in [2.05, 4.69) is 55.4 Å². The van der Waals surface area contributed by atoms with Gasteiger partial charge in [0, 0.05) is 38.4 Å². The van der Waals surface area contributed by atoms with Gasteiger partial charge < -0.3 is 20.3 Å². The standard InChI is InChI=1S/C15H32N4O/c1-12(2)13(3)18-14(16-4)17-11-15(19(5)6)7-9-20-10-8-15/h12-13H,7-11H2,1-6H3,(H2,16,17,18). The minimum absolute atomic E-state index is 0.164. The summed E-state index contributed by atoms with van der Waals surface area (Å²) in [6.07, 6.45) is 2.12. The van der Waals surface area contributed by atoms with Crippen LogP contribution in [0.25, 0.3) is 0 Å². The summed E-state index contributed by atoms with van der Waals surface area (Å²) in [5, 5.41) is 6.94. The normalized spacial score (nSPS) is 21.1. The van der Waals surface area contributed by atoms with Crippen LogP contribution in [0.5, 0.6) is 0 Å². The molecular formula is C15H32N4O. The molecule has 0 aromatic rings. The Bertz CT molecular complexity index is 309. The molecule has 1 aliphatic heterocycles. The number of nitrogens with zero attached hydrogens (tertiary/aromatic N) is 2. The molecule has 1 heterocycles. The van der Waals surface area contributed by atoms with Crippen LogP contribution in [0.4, 0.5) is 0 Å². The summed E-state index contributed by atoms with van der Waals surface area (Å²) >= 11 is 0. The molecule has 0 aliphatic carbocycles. The highest BCUT2D eigenvalue weighted by molar-refractivity contribution is 5.80. The Labute approximate surface area is 124 Å². The van der Waals surface area contributed by atoms with Gasteiger partial charge in [0.25, 0.3) is 0 Å². The van der Waals surface area contributed by atoms with Crippen LogP contribution >= 0.6 is 0 Å². The predicted octanol–water partition coefficient (Wildman–Crippen LogP) is 1.31. The van der Waals surface area contributed by atoms with Crippen molar-refractivity contribution in [2.24, 2.45) is 10.9 Å². The molecule has 1 saturated heterocycles. The van der Waals surface area contributed by atoms with E-state index >= 15 is 0 Å². The monoisotopic (exact) mass is 284 g/mol. The van der Waals surface area contributed by atoms with E-state index in [4.69, 9.17) is 4.74 Å². The highest BCUT2D eigenvalue weighted by Crippen LogP contribution is 2.24. The predicted molar refractivity (Wildman–Crippen MR) is 85.3 cm³/mol. The Morgan fingerprint density at radius 3 is 2.30 bits per heavy atom. The lowest BCUT2D eigenvalue weighted by Gasteiger charge is -2.43. The van der Waals surface area contributed by atoms with Gasteiger partial charge in [0.1, 0.15) is 0 Å². The van der Waals surface area contributed by atoms with Gasteiger partial charge in [-0.15, -0.1) is 0 Å². The second-order valence-electron chi connectivity index (χ2n) is 6.33. The second-order valence-corrected chi connectivity index (χ2v) is 6.33. The van der Waals surface area contributed by atoms with Crippen LogP contribution in [0.3, 0.4) is 0 Å². The van der Waals surface area contributed by atoms with Crippen molar-refractivity contribution in [1.29, 1.82) is 0 Å². The third-order valence-electron chi connectivity index (χ3n) is 4.55. The quantitative estimate of drug-likeness (QED) is 0.590. The molecule has 118 valence electrons. The van der Waals surface area contributed by atoms with Gasteiger partial charge in [-0.2, -0.15) is 0 Å². The molecule has 0 aromatic heterocycles. The maximum atomic E-state index is 5.50. The molecule has 5 nitrogen and oxygen atoms in total. The average molecular weight is 284 g/mol. The zero-order valence-corrected chi connectivity index (χ0v) is 14.0. The first-order valence-electron chi connectivity index (χ1n) is 7.63. The van der Waals surface area contributed by atoms with Crippen molar-refractivity contribution in [2.75, 3.05) is 40.9 Å². The van der Waals surface area contributed by atoms with E-state index in [9.17, 15) is 0 Å². The molecule has 0 saturated carbocycles. The largest absolute Gasteiger partial charge is 0.381 e. The molecule has 1 unspecified atom stereocenters. The van der Waals surface area contributed by atoms with Gasteiger partial charge in [0.2, 0.25) is 0 Å². The number of aliphatic imine (C=N–C) groups is 1. The Kier molecular flexibility index (Phi) is 6.76. The lowest BCUT2D eigenvalue weighted by molar-refractivity contribution is -0.00503. The maximum absolute atomic E-state index is 5.50. The van der Waals surface area contributed by atoms with Crippen molar-refractivity contribution in [3.63, 3.8) is 0 Å². The van der Waals surface area contributed by atoms with Gasteiger partial charge in [-0.05, 0) is 39.8 Å². The van der Waals surface area contributed by atoms with Crippen molar-refractivity contribution in [2.45, 2.75) is 45.2 Å². The Balaban J connectivity index is 2.57. The molecular weight excluding hydrogens is 252 g/mol. The third-order valence-corrected chi connectivity index (χ3v) is 4.55. The maximum Gasteiger partial charge on any atom is 0.191 e. The molecule has 1 atom stereocenters. The van der Waals surface area contributed by atoms with Crippen LogP contribution in [0.15, 0.2) is 4.99 Å². The van der Waals surface area contributed by atoms with Gasteiger partial charge >= 0.3 is 0 Å². The molecule has 0 aromatic carbocycles. The van der Waals surface area contributed by atoms with Crippen molar-refractivity contribution < 1.29 is 4.74 Å². The Morgan fingerprint density at radius 1 is 1.25 bits per heavy atom. The summed E-state index contributed by atoms with van der Waals surface area (Å²) in [4.78, 5) is 6.65. The van der Waals surface area contributed by atoms with Crippen molar-refractivity contribution in [1.82, 2.24) is 15.5 Å². The Hall–Kier alpha value is -0.810. The summed E-state index contributed by atoms with van der Waals surface area (Å²) in [7, 11) is 6.13. The summed E-state index contributed by atoms with van der Waals surface area (Å²) in [5.74, 6) is 1.47. The van der Waals surface area contributed by atoms with E-state index < -0.39 is 0 Å². The lowest BCUT2D eigenvalue weighted by atomic mass is 9.88. The highest BCUT2D eigenvalue weighted by atomic mass is 16.5. The molecule has 2 N–H and O–H groups in total. The molecule has 5 heteroatoms. The number of likely N-dealkylation sites (N-methyl/N-ethyl adjacent to an activating group) is 1. The van der Waals surface area contributed by atoms with Gasteiger partial charge in [-0.3, -0.25) is 4.99 Å². The average Bonchev–Trinajstić information content (AvgIpc) is 2.43. The van der Waals surface area contributed by atoms with Crippen molar-refractivity contribution in [3.8, 4) is 0 Å². The molecule has 0 bridgehead atoms. The van der Waals surface area contributed by atoms with Gasteiger partial charge in [0.15, 0.2) is 5.96 Å². The van der Waals surface area contributed by atoms with Crippen LogP contribution in [0.1, 0.15) is 33.6 Å². The number of hydrogen-bond donors (Lipinski definition) is 2. The second kappa shape index (κ2) is 7.84. The fourth-order valence-electron chi connectivity index (χ4n) is 2.36. The minimum Gasteiger partial charge on any atom is -0.381 e. The fraction of sp³-hybridized carbons (Fsp3) is 0.933. The molecule has 0 radical (unpaired) electrons. The van der Waals surface area contributed by atoms with Crippen molar-refractivity contribution >= 4 is 5.96 Å². The van der Waals surface area contributed by atoms with Crippen LogP contribution in [-0.4, -0.2) is 63.3 Å². The zero-order chi connectivity index (χ0) is 15.2. The SMILES string of the molecule is CN=C(NCC1(N(C)C)CCOCC1)NC(C)C(C)C. The number of guanidine groups is 1. The smallest absolute Gasteiger partial charge is 0.191 e. The van der Waals surface area contributed by atoms with E-state index in [1.54, 1.807) is 0 Å². The first kappa shape index (κ1) is 17.2. The van der Waals surface area contributed by atoms with Crippen LogP contribution in [0, 0.1) is 5.92 Å². The van der Waals surface area contributed by atoms with Crippen LogP contribution in [-0.2, 0) is 4.74 Å². The zero-order valence-electron chi connectivity index (χ0n) is 14.0. The first-order chi connectivity index (χ1) is 9.41.